The van der Waals surface area contributed by atoms with E-state index >= 15 is 0 Å². The molecule has 16 heavy (non-hydrogen) atoms. The zero-order valence-corrected chi connectivity index (χ0v) is 9.35. The average Bonchev–Trinajstić information content (AvgIpc) is 2.73. The number of carbonyl (C=O) groups excluding carboxylic acids is 1. The highest BCUT2D eigenvalue weighted by molar-refractivity contribution is 5.83. The van der Waals surface area contributed by atoms with E-state index in [9.17, 15) is 9.59 Å². The number of nitrogens with zero attached hydrogens (tertiary/aromatic N) is 2. The summed E-state index contributed by atoms with van der Waals surface area (Å²) in [5.74, 6) is 1.46. The summed E-state index contributed by atoms with van der Waals surface area (Å²) in [6.07, 6.45) is 6.41. The number of carbonyl (C=O) groups is 2. The molecule has 88 valence electrons. The molecule has 1 fully saturated rings. The van der Waals surface area contributed by atoms with E-state index in [0.717, 1.165) is 6.42 Å². The molecule has 0 spiro atoms. The zero-order valence-electron chi connectivity index (χ0n) is 9.35. The summed E-state index contributed by atoms with van der Waals surface area (Å²) in [6.45, 7) is 3.03. The van der Waals surface area contributed by atoms with Gasteiger partial charge in [0.1, 0.15) is 6.04 Å². The van der Waals surface area contributed by atoms with Crippen molar-refractivity contribution in [3.63, 3.8) is 0 Å². The lowest BCUT2D eigenvalue weighted by Crippen LogP contribution is -2.48. The Labute approximate surface area is 95.0 Å². The summed E-state index contributed by atoms with van der Waals surface area (Å²) in [6, 6.07) is -0.968. The minimum absolute atomic E-state index is 0.220. The van der Waals surface area contributed by atoms with Gasteiger partial charge in [-0.3, -0.25) is 0 Å². The smallest absolute Gasteiger partial charge is 0.326 e. The molecule has 0 aliphatic carbocycles. The fourth-order valence-corrected chi connectivity index (χ4v) is 1.86. The molecule has 0 bridgehead atoms. The predicted octanol–water partition coefficient (Wildman–Crippen LogP) is 0.610. The molecule has 0 aromatic heterocycles. The van der Waals surface area contributed by atoms with E-state index in [-0.39, 0.29) is 12.6 Å². The van der Waals surface area contributed by atoms with Crippen LogP contribution in [0.15, 0.2) is 0 Å². The Bertz CT molecular complexity index is 322. The van der Waals surface area contributed by atoms with Gasteiger partial charge in [0, 0.05) is 13.1 Å². The first-order chi connectivity index (χ1) is 7.61. The van der Waals surface area contributed by atoms with Crippen LogP contribution >= 0.6 is 0 Å². The van der Waals surface area contributed by atoms with Crippen LogP contribution < -0.4 is 0 Å². The van der Waals surface area contributed by atoms with E-state index in [4.69, 9.17) is 11.5 Å². The standard InChI is InChI=1S/C11H16N2O3/c1-3-7-12(4-2)11(16)13-8-5-6-9(13)10(14)15/h1,9H,4-8H2,2H3,(H,14,15)/t9-/m1/s1. The number of rotatable bonds is 3. The van der Waals surface area contributed by atoms with Gasteiger partial charge in [-0.15, -0.1) is 6.42 Å². The van der Waals surface area contributed by atoms with Gasteiger partial charge >= 0.3 is 12.0 Å². The number of amides is 2. The van der Waals surface area contributed by atoms with Crippen LogP contribution in [0.4, 0.5) is 4.79 Å². The van der Waals surface area contributed by atoms with E-state index in [1.165, 1.54) is 9.80 Å². The fraction of sp³-hybridized carbons (Fsp3) is 0.636. The average molecular weight is 224 g/mol. The van der Waals surface area contributed by atoms with Crippen LogP contribution in [0.1, 0.15) is 19.8 Å². The zero-order chi connectivity index (χ0) is 12.1. The molecule has 0 saturated carbocycles. The van der Waals surface area contributed by atoms with Crippen molar-refractivity contribution in [2.24, 2.45) is 0 Å². The van der Waals surface area contributed by atoms with Crippen LogP contribution in [0.25, 0.3) is 0 Å². The van der Waals surface area contributed by atoms with Gasteiger partial charge in [-0.25, -0.2) is 9.59 Å². The molecule has 0 radical (unpaired) electrons. The first-order valence-electron chi connectivity index (χ1n) is 5.33. The second-order valence-electron chi connectivity index (χ2n) is 3.69. The number of carboxylic acid groups (broad SMARTS) is 1. The normalized spacial score (nSPS) is 19.2. The van der Waals surface area contributed by atoms with Crippen molar-refractivity contribution in [3.8, 4) is 12.3 Å². The summed E-state index contributed by atoms with van der Waals surface area (Å²) in [5.41, 5.74) is 0. The van der Waals surface area contributed by atoms with Crippen molar-refractivity contribution in [1.82, 2.24) is 9.80 Å². The first-order valence-corrected chi connectivity index (χ1v) is 5.33. The lowest BCUT2D eigenvalue weighted by atomic mass is 10.2. The molecular formula is C11H16N2O3. The van der Waals surface area contributed by atoms with Crippen molar-refractivity contribution in [2.45, 2.75) is 25.8 Å². The summed E-state index contributed by atoms with van der Waals surface area (Å²) in [4.78, 5) is 25.8. The lowest BCUT2D eigenvalue weighted by molar-refractivity contribution is -0.141. The Morgan fingerprint density at radius 2 is 2.31 bits per heavy atom. The molecular weight excluding hydrogens is 208 g/mol. The Balaban J connectivity index is 2.72. The highest BCUT2D eigenvalue weighted by atomic mass is 16.4. The van der Waals surface area contributed by atoms with Crippen molar-refractivity contribution >= 4 is 12.0 Å². The van der Waals surface area contributed by atoms with E-state index in [1.54, 1.807) is 0 Å². The highest BCUT2D eigenvalue weighted by Crippen LogP contribution is 2.19. The summed E-state index contributed by atoms with van der Waals surface area (Å²) < 4.78 is 0. The van der Waals surface area contributed by atoms with Crippen molar-refractivity contribution in [3.05, 3.63) is 0 Å². The minimum Gasteiger partial charge on any atom is -0.480 e. The molecule has 1 heterocycles. The quantitative estimate of drug-likeness (QED) is 0.714. The number of terminal acetylenes is 1. The van der Waals surface area contributed by atoms with Crippen LogP contribution in [0.3, 0.4) is 0 Å². The van der Waals surface area contributed by atoms with Gasteiger partial charge in [0.2, 0.25) is 0 Å². The summed E-state index contributed by atoms with van der Waals surface area (Å²) in [5, 5.41) is 8.96. The summed E-state index contributed by atoms with van der Waals surface area (Å²) in [7, 11) is 0. The van der Waals surface area contributed by atoms with Crippen LogP contribution in [-0.4, -0.2) is 52.6 Å². The molecule has 1 aliphatic rings. The lowest BCUT2D eigenvalue weighted by Gasteiger charge is -2.28. The molecule has 1 atom stereocenters. The maximum absolute atomic E-state index is 12.0. The molecule has 1 N–H and O–H groups in total. The third-order valence-corrected chi connectivity index (χ3v) is 2.72. The van der Waals surface area contributed by atoms with E-state index < -0.39 is 12.0 Å². The van der Waals surface area contributed by atoms with Crippen molar-refractivity contribution < 1.29 is 14.7 Å². The molecule has 0 unspecified atom stereocenters. The maximum Gasteiger partial charge on any atom is 0.326 e. The summed E-state index contributed by atoms with van der Waals surface area (Å²) >= 11 is 0. The van der Waals surface area contributed by atoms with Gasteiger partial charge in [-0.2, -0.15) is 0 Å². The highest BCUT2D eigenvalue weighted by Gasteiger charge is 2.35. The number of urea groups is 1. The Kier molecular flexibility index (Phi) is 4.18. The minimum atomic E-state index is -0.942. The van der Waals surface area contributed by atoms with Gasteiger partial charge in [0.25, 0.3) is 0 Å². The van der Waals surface area contributed by atoms with Crippen molar-refractivity contribution in [2.75, 3.05) is 19.6 Å². The molecule has 5 nitrogen and oxygen atoms in total. The third kappa shape index (κ3) is 2.45. The Hall–Kier alpha value is -1.70. The van der Waals surface area contributed by atoms with Crippen LogP contribution in [0.2, 0.25) is 0 Å². The second-order valence-corrected chi connectivity index (χ2v) is 3.69. The topological polar surface area (TPSA) is 60.9 Å². The van der Waals surface area contributed by atoms with Gasteiger partial charge in [0.15, 0.2) is 0 Å². The molecule has 1 aliphatic heterocycles. The number of hydrogen-bond acceptors (Lipinski definition) is 2. The van der Waals surface area contributed by atoms with E-state index in [0.29, 0.717) is 19.5 Å². The molecule has 0 aromatic rings. The molecule has 1 rings (SSSR count). The SMILES string of the molecule is C#CCN(CC)C(=O)N1CCC[C@@H]1C(=O)O. The molecule has 1 saturated heterocycles. The van der Waals surface area contributed by atoms with Gasteiger partial charge in [-0.05, 0) is 19.8 Å². The van der Waals surface area contributed by atoms with Gasteiger partial charge < -0.3 is 14.9 Å². The first kappa shape index (κ1) is 12.4. The van der Waals surface area contributed by atoms with Crippen LogP contribution in [0.5, 0.6) is 0 Å². The predicted molar refractivity (Wildman–Crippen MR) is 58.8 cm³/mol. The number of carboxylic acids is 1. The third-order valence-electron chi connectivity index (χ3n) is 2.72. The van der Waals surface area contributed by atoms with Crippen molar-refractivity contribution in [1.29, 1.82) is 0 Å². The fourth-order valence-electron chi connectivity index (χ4n) is 1.86. The van der Waals surface area contributed by atoms with Crippen LogP contribution in [-0.2, 0) is 4.79 Å². The van der Waals surface area contributed by atoms with E-state index in [2.05, 4.69) is 5.92 Å². The van der Waals surface area contributed by atoms with Gasteiger partial charge in [0.05, 0.1) is 6.54 Å². The maximum atomic E-state index is 12.0. The monoisotopic (exact) mass is 224 g/mol. The molecule has 5 heteroatoms. The van der Waals surface area contributed by atoms with Gasteiger partial charge in [-0.1, -0.05) is 5.92 Å². The number of hydrogen-bond donors (Lipinski definition) is 1. The van der Waals surface area contributed by atoms with Crippen LogP contribution in [0, 0.1) is 12.3 Å². The largest absolute Gasteiger partial charge is 0.480 e. The molecule has 0 aromatic carbocycles. The second kappa shape index (κ2) is 5.40. The molecule has 2 amide bonds. The Morgan fingerprint density at radius 1 is 1.62 bits per heavy atom. The number of likely N-dealkylation sites (tertiary alicyclic amines) is 1. The Morgan fingerprint density at radius 3 is 2.81 bits per heavy atom. The number of aliphatic carboxylic acids is 1. The van der Waals surface area contributed by atoms with E-state index in [1.807, 2.05) is 6.92 Å².